The quantitative estimate of drug-likeness (QED) is 0.342. The summed E-state index contributed by atoms with van der Waals surface area (Å²) in [4.78, 5) is 17.9. The number of carbonyl (C=O) groups excluding carboxylic acids is 1. The van der Waals surface area contributed by atoms with Gasteiger partial charge in [-0.3, -0.25) is 9.79 Å². The fourth-order valence-corrected chi connectivity index (χ4v) is 3.09. The molecule has 31 heavy (non-hydrogen) atoms. The topological polar surface area (TPSA) is 66.0 Å². The number of aryl methyl sites for hydroxylation is 1. The van der Waals surface area contributed by atoms with E-state index < -0.39 is 0 Å². The Morgan fingerprint density at radius 3 is 2.39 bits per heavy atom. The average Bonchev–Trinajstić information content (AvgIpc) is 2.77. The van der Waals surface area contributed by atoms with Crippen molar-refractivity contribution in [2.75, 3.05) is 27.7 Å². The van der Waals surface area contributed by atoms with E-state index in [9.17, 15) is 4.79 Å². The van der Waals surface area contributed by atoms with E-state index in [1.807, 2.05) is 24.3 Å². The highest BCUT2D eigenvalue weighted by Crippen LogP contribution is 2.20. The van der Waals surface area contributed by atoms with E-state index in [1.54, 1.807) is 26.0 Å². The zero-order chi connectivity index (χ0) is 22.6. The first kappa shape index (κ1) is 24.3. The van der Waals surface area contributed by atoms with Crippen molar-refractivity contribution < 1.29 is 9.53 Å². The normalized spacial score (nSPS) is 11.2. The van der Waals surface area contributed by atoms with Crippen LogP contribution in [0.25, 0.3) is 0 Å². The molecule has 0 unspecified atom stereocenters. The van der Waals surface area contributed by atoms with E-state index in [-0.39, 0.29) is 5.91 Å². The van der Waals surface area contributed by atoms with Gasteiger partial charge in [-0.05, 0) is 42.7 Å². The lowest BCUT2D eigenvalue weighted by atomic mass is 10.1. The van der Waals surface area contributed by atoms with Gasteiger partial charge in [-0.2, -0.15) is 0 Å². The number of hydrogen-bond donors (Lipinski definition) is 2. The lowest BCUT2D eigenvalue weighted by molar-refractivity contribution is 0.0827. The van der Waals surface area contributed by atoms with Crippen LogP contribution < -0.4 is 15.4 Å². The fourth-order valence-electron chi connectivity index (χ4n) is 3.09. The smallest absolute Gasteiger partial charge is 0.253 e. The zero-order valence-corrected chi connectivity index (χ0v) is 19.5. The number of aliphatic imine (C=N–C) groups is 1. The second-order valence-electron chi connectivity index (χ2n) is 7.84. The molecule has 0 radical (unpaired) electrons. The molecule has 0 saturated carbocycles. The Morgan fingerprint density at radius 1 is 1.03 bits per heavy atom. The van der Waals surface area contributed by atoms with Gasteiger partial charge in [0.05, 0.1) is 6.61 Å². The van der Waals surface area contributed by atoms with Crippen LogP contribution in [-0.4, -0.2) is 44.5 Å². The minimum Gasteiger partial charge on any atom is -0.493 e. The number of nitrogens with one attached hydrogen (secondary N) is 2. The molecule has 168 valence electrons. The molecule has 0 atom stereocenters. The van der Waals surface area contributed by atoms with Crippen LogP contribution in [0.3, 0.4) is 0 Å². The second kappa shape index (κ2) is 12.6. The standard InChI is InChI=1S/C25H36N4O2/c1-6-7-8-15-31-23-16-19(2)9-12-22(23)18-28-25(26-3)27-17-20-10-13-21(14-11-20)24(30)29(4)5/h9-14,16H,6-8,15,17-18H2,1-5H3,(H2,26,27,28). The monoisotopic (exact) mass is 424 g/mol. The van der Waals surface area contributed by atoms with Gasteiger partial charge in [-0.1, -0.05) is 44.0 Å². The summed E-state index contributed by atoms with van der Waals surface area (Å²) in [5.41, 5.74) is 4.06. The van der Waals surface area contributed by atoms with Crippen molar-refractivity contribution in [1.82, 2.24) is 15.5 Å². The molecule has 0 saturated heterocycles. The zero-order valence-electron chi connectivity index (χ0n) is 19.5. The van der Waals surface area contributed by atoms with Crippen LogP contribution in [0.5, 0.6) is 5.75 Å². The predicted molar refractivity (Wildman–Crippen MR) is 128 cm³/mol. The largest absolute Gasteiger partial charge is 0.493 e. The summed E-state index contributed by atoms with van der Waals surface area (Å²) in [5.74, 6) is 1.65. The van der Waals surface area contributed by atoms with E-state index in [4.69, 9.17) is 4.74 Å². The summed E-state index contributed by atoms with van der Waals surface area (Å²) >= 11 is 0. The van der Waals surface area contributed by atoms with E-state index in [2.05, 4.69) is 47.7 Å². The number of hydrogen-bond acceptors (Lipinski definition) is 3. The lowest BCUT2D eigenvalue weighted by Crippen LogP contribution is -2.36. The van der Waals surface area contributed by atoms with Crippen molar-refractivity contribution in [3.8, 4) is 5.75 Å². The Balaban J connectivity index is 1.90. The summed E-state index contributed by atoms with van der Waals surface area (Å²) in [6.07, 6.45) is 3.43. The summed E-state index contributed by atoms with van der Waals surface area (Å²) in [6.45, 7) is 6.25. The van der Waals surface area contributed by atoms with E-state index >= 15 is 0 Å². The van der Waals surface area contributed by atoms with Gasteiger partial charge in [0.2, 0.25) is 0 Å². The molecule has 0 aliphatic rings. The molecule has 2 aromatic rings. The second-order valence-corrected chi connectivity index (χ2v) is 7.84. The molecule has 6 heteroatoms. The number of rotatable bonds is 10. The average molecular weight is 425 g/mol. The van der Waals surface area contributed by atoms with E-state index in [0.29, 0.717) is 24.6 Å². The third-order valence-electron chi connectivity index (χ3n) is 4.97. The van der Waals surface area contributed by atoms with Crippen molar-refractivity contribution >= 4 is 11.9 Å². The fraction of sp³-hybridized carbons (Fsp3) is 0.440. The molecule has 0 aliphatic carbocycles. The molecule has 2 rings (SSSR count). The number of amides is 1. The first-order chi connectivity index (χ1) is 14.9. The van der Waals surface area contributed by atoms with Crippen LogP contribution in [-0.2, 0) is 13.1 Å². The van der Waals surface area contributed by atoms with E-state index in [1.165, 1.54) is 18.4 Å². The first-order valence-corrected chi connectivity index (χ1v) is 10.9. The molecule has 6 nitrogen and oxygen atoms in total. The van der Waals surface area contributed by atoms with Gasteiger partial charge < -0.3 is 20.3 Å². The number of unbranched alkanes of at least 4 members (excludes halogenated alkanes) is 2. The molecular formula is C25H36N4O2. The molecule has 2 aromatic carbocycles. The van der Waals surface area contributed by atoms with Crippen LogP contribution >= 0.6 is 0 Å². The minimum atomic E-state index is 0.00259. The number of carbonyl (C=O) groups is 1. The van der Waals surface area contributed by atoms with Gasteiger partial charge >= 0.3 is 0 Å². The molecule has 0 bridgehead atoms. The van der Waals surface area contributed by atoms with Crippen molar-refractivity contribution in [2.45, 2.75) is 46.2 Å². The van der Waals surface area contributed by atoms with Crippen molar-refractivity contribution in [2.24, 2.45) is 4.99 Å². The summed E-state index contributed by atoms with van der Waals surface area (Å²) in [5, 5.41) is 6.68. The van der Waals surface area contributed by atoms with Gasteiger partial charge in [0, 0.05) is 45.4 Å². The van der Waals surface area contributed by atoms with Gasteiger partial charge in [-0.15, -0.1) is 0 Å². The van der Waals surface area contributed by atoms with Crippen LogP contribution in [0.4, 0.5) is 0 Å². The molecule has 0 aromatic heterocycles. The molecule has 0 aliphatic heterocycles. The van der Waals surface area contributed by atoms with Crippen LogP contribution in [0.15, 0.2) is 47.5 Å². The molecule has 0 spiro atoms. The molecule has 2 N–H and O–H groups in total. The summed E-state index contributed by atoms with van der Waals surface area (Å²) in [6, 6.07) is 13.9. The third-order valence-corrected chi connectivity index (χ3v) is 4.97. The van der Waals surface area contributed by atoms with Crippen molar-refractivity contribution in [3.63, 3.8) is 0 Å². The molecular weight excluding hydrogens is 388 g/mol. The van der Waals surface area contributed by atoms with Crippen molar-refractivity contribution in [1.29, 1.82) is 0 Å². The highest BCUT2D eigenvalue weighted by Gasteiger charge is 2.08. The molecule has 0 fully saturated rings. The summed E-state index contributed by atoms with van der Waals surface area (Å²) in [7, 11) is 5.26. The van der Waals surface area contributed by atoms with Crippen LogP contribution in [0.1, 0.15) is 53.2 Å². The number of guanidine groups is 1. The van der Waals surface area contributed by atoms with Gasteiger partial charge in [0.25, 0.3) is 5.91 Å². The maximum absolute atomic E-state index is 12.0. The Morgan fingerprint density at radius 2 is 1.74 bits per heavy atom. The first-order valence-electron chi connectivity index (χ1n) is 10.9. The van der Waals surface area contributed by atoms with Gasteiger partial charge in [0.15, 0.2) is 5.96 Å². The third kappa shape index (κ3) is 7.96. The Hall–Kier alpha value is -3.02. The van der Waals surface area contributed by atoms with Gasteiger partial charge in [-0.25, -0.2) is 0 Å². The lowest BCUT2D eigenvalue weighted by Gasteiger charge is -2.16. The maximum Gasteiger partial charge on any atom is 0.253 e. The predicted octanol–water partition coefficient (Wildman–Crippen LogP) is 4.13. The van der Waals surface area contributed by atoms with Crippen LogP contribution in [0.2, 0.25) is 0 Å². The molecule has 0 heterocycles. The maximum atomic E-state index is 12.0. The minimum absolute atomic E-state index is 0.00259. The number of nitrogens with zero attached hydrogens (tertiary/aromatic N) is 2. The number of ether oxygens (including phenoxy) is 1. The van der Waals surface area contributed by atoms with Gasteiger partial charge in [0.1, 0.15) is 5.75 Å². The Labute approximate surface area is 186 Å². The highest BCUT2D eigenvalue weighted by molar-refractivity contribution is 5.93. The van der Waals surface area contributed by atoms with E-state index in [0.717, 1.165) is 29.9 Å². The Kier molecular flexibility index (Phi) is 9.88. The Bertz CT molecular complexity index is 860. The molecule has 1 amide bonds. The SMILES string of the molecule is CCCCCOc1cc(C)ccc1CNC(=NC)NCc1ccc(C(=O)N(C)C)cc1. The van der Waals surface area contributed by atoms with Crippen molar-refractivity contribution in [3.05, 3.63) is 64.7 Å². The highest BCUT2D eigenvalue weighted by atomic mass is 16.5. The summed E-state index contributed by atoms with van der Waals surface area (Å²) < 4.78 is 6.03. The van der Waals surface area contributed by atoms with Crippen LogP contribution in [0, 0.1) is 6.92 Å². The number of benzene rings is 2.